The molecule has 4 rings (SSSR count). The Bertz CT molecular complexity index is 943. The lowest BCUT2D eigenvalue weighted by molar-refractivity contribution is 0.0859. The molecular weight excluding hydrogens is 362 g/mol. The first-order valence-corrected chi connectivity index (χ1v) is 9.66. The Morgan fingerprint density at radius 3 is 2.48 bits per heavy atom. The first-order valence-electron chi connectivity index (χ1n) is 8.85. The molecule has 0 saturated carbocycles. The maximum atomic E-state index is 12.6. The minimum atomic E-state index is -0.176. The van der Waals surface area contributed by atoms with Crippen molar-refractivity contribution in [3.05, 3.63) is 54.1 Å². The highest BCUT2D eigenvalue weighted by Gasteiger charge is 2.28. The average molecular weight is 381 g/mol. The number of Topliss-reactive ketones (excluding diaryl/α,β-unsaturated/α-hetero) is 1. The molecule has 0 aliphatic carbocycles. The lowest BCUT2D eigenvalue weighted by atomic mass is 9.89. The zero-order valence-corrected chi connectivity index (χ0v) is 15.4. The second-order valence-electron chi connectivity index (χ2n) is 6.59. The molecule has 7 heteroatoms. The summed E-state index contributed by atoms with van der Waals surface area (Å²) in [4.78, 5) is 31.2. The van der Waals surface area contributed by atoms with Crippen LogP contribution in [0.5, 0.6) is 5.75 Å². The highest BCUT2D eigenvalue weighted by atomic mass is 32.1. The van der Waals surface area contributed by atoms with E-state index in [1.54, 1.807) is 17.0 Å². The Hall–Kier alpha value is -2.93. The molecule has 2 heterocycles. The molecule has 1 aliphatic heterocycles. The SMILES string of the molecule is O=C(c1ccc(O)cc1)C1CCN(C(=O)Nc2nc3ccccc3s2)CC1. The number of amides is 2. The average Bonchev–Trinajstić information content (AvgIpc) is 3.10. The maximum absolute atomic E-state index is 12.6. The predicted molar refractivity (Wildman–Crippen MR) is 105 cm³/mol. The monoisotopic (exact) mass is 381 g/mol. The third kappa shape index (κ3) is 3.78. The van der Waals surface area contributed by atoms with Crippen LogP contribution in [0.1, 0.15) is 23.2 Å². The molecule has 27 heavy (non-hydrogen) atoms. The van der Waals surface area contributed by atoms with Gasteiger partial charge in [-0.1, -0.05) is 23.5 Å². The van der Waals surface area contributed by atoms with Gasteiger partial charge in [-0.25, -0.2) is 9.78 Å². The van der Waals surface area contributed by atoms with Crippen molar-refractivity contribution >= 4 is 38.5 Å². The summed E-state index contributed by atoms with van der Waals surface area (Å²) in [5, 5.41) is 12.8. The van der Waals surface area contributed by atoms with Gasteiger partial charge in [-0.2, -0.15) is 0 Å². The smallest absolute Gasteiger partial charge is 0.323 e. The van der Waals surface area contributed by atoms with Gasteiger partial charge in [0.1, 0.15) is 5.75 Å². The number of piperidine rings is 1. The number of aromatic hydroxyl groups is 1. The number of aromatic nitrogens is 1. The molecule has 1 saturated heterocycles. The lowest BCUT2D eigenvalue weighted by Crippen LogP contribution is -2.42. The number of benzene rings is 2. The Morgan fingerprint density at radius 2 is 1.78 bits per heavy atom. The quantitative estimate of drug-likeness (QED) is 0.668. The normalized spacial score (nSPS) is 15.0. The van der Waals surface area contributed by atoms with Gasteiger partial charge < -0.3 is 10.0 Å². The Balaban J connectivity index is 1.35. The molecule has 1 aliphatic rings. The van der Waals surface area contributed by atoms with Crippen molar-refractivity contribution in [1.29, 1.82) is 0 Å². The molecule has 1 aromatic heterocycles. The van der Waals surface area contributed by atoms with Crippen molar-refractivity contribution in [1.82, 2.24) is 9.88 Å². The van der Waals surface area contributed by atoms with Gasteiger partial charge in [-0.05, 0) is 49.2 Å². The van der Waals surface area contributed by atoms with E-state index in [0.29, 0.717) is 36.6 Å². The number of thiazole rings is 1. The molecule has 2 aromatic carbocycles. The summed E-state index contributed by atoms with van der Waals surface area (Å²) >= 11 is 1.45. The van der Waals surface area contributed by atoms with E-state index in [-0.39, 0.29) is 23.5 Å². The second kappa shape index (κ2) is 7.36. The van der Waals surface area contributed by atoms with Crippen LogP contribution in [0.25, 0.3) is 10.2 Å². The van der Waals surface area contributed by atoms with Crippen LogP contribution in [0.4, 0.5) is 9.93 Å². The number of nitrogens with zero attached hydrogens (tertiary/aromatic N) is 2. The van der Waals surface area contributed by atoms with E-state index in [2.05, 4.69) is 10.3 Å². The number of carbonyl (C=O) groups is 2. The summed E-state index contributed by atoms with van der Waals surface area (Å²) in [6.07, 6.45) is 1.26. The number of ketones is 1. The van der Waals surface area contributed by atoms with Gasteiger partial charge in [0.2, 0.25) is 0 Å². The molecule has 1 fully saturated rings. The third-order valence-electron chi connectivity index (χ3n) is 4.81. The number of hydrogen-bond donors (Lipinski definition) is 2. The standard InChI is InChI=1S/C20H19N3O3S/c24-15-7-5-13(6-8-15)18(25)14-9-11-23(12-10-14)20(26)22-19-21-16-3-1-2-4-17(16)27-19/h1-8,14,24H,9-12H2,(H,21,22,26). The highest BCUT2D eigenvalue weighted by molar-refractivity contribution is 7.22. The largest absolute Gasteiger partial charge is 0.508 e. The summed E-state index contributed by atoms with van der Waals surface area (Å²) in [6.45, 7) is 1.07. The number of phenols is 1. The number of anilines is 1. The van der Waals surface area contributed by atoms with Crippen molar-refractivity contribution in [2.24, 2.45) is 5.92 Å². The van der Waals surface area contributed by atoms with Crippen LogP contribution in [-0.2, 0) is 0 Å². The van der Waals surface area contributed by atoms with Crippen LogP contribution in [-0.4, -0.2) is 39.9 Å². The molecule has 0 radical (unpaired) electrons. The Kier molecular flexibility index (Phi) is 4.77. The van der Waals surface area contributed by atoms with Crippen LogP contribution in [0, 0.1) is 5.92 Å². The fraction of sp³-hybridized carbons (Fsp3) is 0.250. The summed E-state index contributed by atoms with van der Waals surface area (Å²) < 4.78 is 1.03. The Labute approximate surface area is 160 Å². The maximum Gasteiger partial charge on any atom is 0.323 e. The molecule has 6 nitrogen and oxygen atoms in total. The molecule has 0 atom stereocenters. The molecule has 2 N–H and O–H groups in total. The predicted octanol–water partition coefficient (Wildman–Crippen LogP) is 4.13. The minimum Gasteiger partial charge on any atom is -0.508 e. The number of carbonyl (C=O) groups excluding carboxylic acids is 2. The number of para-hydroxylation sites is 1. The fourth-order valence-corrected chi connectivity index (χ4v) is 4.16. The van der Waals surface area contributed by atoms with E-state index in [1.807, 2.05) is 24.3 Å². The number of likely N-dealkylation sites (tertiary alicyclic amines) is 1. The minimum absolute atomic E-state index is 0.0706. The molecular formula is C20H19N3O3S. The van der Waals surface area contributed by atoms with Gasteiger partial charge in [0.05, 0.1) is 10.2 Å². The van der Waals surface area contributed by atoms with Gasteiger partial charge in [-0.3, -0.25) is 10.1 Å². The van der Waals surface area contributed by atoms with Gasteiger partial charge >= 0.3 is 6.03 Å². The number of phenolic OH excluding ortho intramolecular Hbond substituents is 1. The number of rotatable bonds is 3. The van der Waals surface area contributed by atoms with Gasteiger partial charge in [0, 0.05) is 24.6 Å². The fourth-order valence-electron chi connectivity index (χ4n) is 3.30. The van der Waals surface area contributed by atoms with Gasteiger partial charge in [-0.15, -0.1) is 0 Å². The molecule has 0 spiro atoms. The number of hydrogen-bond acceptors (Lipinski definition) is 5. The zero-order chi connectivity index (χ0) is 18.8. The van der Waals surface area contributed by atoms with Crippen molar-refractivity contribution in [3.8, 4) is 5.75 Å². The van der Waals surface area contributed by atoms with Crippen molar-refractivity contribution in [2.75, 3.05) is 18.4 Å². The van der Waals surface area contributed by atoms with Crippen LogP contribution >= 0.6 is 11.3 Å². The van der Waals surface area contributed by atoms with E-state index in [1.165, 1.54) is 23.5 Å². The lowest BCUT2D eigenvalue weighted by Gasteiger charge is -2.31. The van der Waals surface area contributed by atoms with Crippen LogP contribution < -0.4 is 5.32 Å². The molecule has 0 bridgehead atoms. The number of nitrogens with one attached hydrogen (secondary N) is 1. The van der Waals surface area contributed by atoms with E-state index >= 15 is 0 Å². The summed E-state index contributed by atoms with van der Waals surface area (Å²) in [7, 11) is 0. The van der Waals surface area contributed by atoms with E-state index in [0.717, 1.165) is 10.2 Å². The summed E-state index contributed by atoms with van der Waals surface area (Å²) in [5.74, 6) is 0.121. The zero-order valence-electron chi connectivity index (χ0n) is 14.6. The highest BCUT2D eigenvalue weighted by Crippen LogP contribution is 2.27. The first kappa shape index (κ1) is 17.5. The first-order chi connectivity index (χ1) is 13.1. The topological polar surface area (TPSA) is 82.5 Å². The van der Waals surface area contributed by atoms with Crippen LogP contribution in [0.2, 0.25) is 0 Å². The van der Waals surface area contributed by atoms with E-state index in [9.17, 15) is 14.7 Å². The van der Waals surface area contributed by atoms with Crippen LogP contribution in [0.3, 0.4) is 0 Å². The summed E-state index contributed by atoms with van der Waals surface area (Å²) in [5.41, 5.74) is 1.47. The molecule has 0 unspecified atom stereocenters. The van der Waals surface area contributed by atoms with E-state index in [4.69, 9.17) is 0 Å². The second-order valence-corrected chi connectivity index (χ2v) is 7.62. The number of urea groups is 1. The summed E-state index contributed by atoms with van der Waals surface area (Å²) in [6, 6.07) is 13.9. The van der Waals surface area contributed by atoms with Gasteiger partial charge in [0.25, 0.3) is 0 Å². The Morgan fingerprint density at radius 1 is 1.07 bits per heavy atom. The van der Waals surface area contributed by atoms with Crippen molar-refractivity contribution in [2.45, 2.75) is 12.8 Å². The molecule has 2 amide bonds. The van der Waals surface area contributed by atoms with Crippen LogP contribution in [0.15, 0.2) is 48.5 Å². The molecule has 3 aromatic rings. The third-order valence-corrected chi connectivity index (χ3v) is 5.76. The number of fused-ring (bicyclic) bond motifs is 1. The van der Waals surface area contributed by atoms with E-state index < -0.39 is 0 Å². The van der Waals surface area contributed by atoms with Gasteiger partial charge in [0.15, 0.2) is 10.9 Å². The molecule has 138 valence electrons. The van der Waals surface area contributed by atoms with Crippen molar-refractivity contribution in [3.63, 3.8) is 0 Å². The van der Waals surface area contributed by atoms with Crippen molar-refractivity contribution < 1.29 is 14.7 Å².